The SMILES string of the molecule is CCC(C)=C(c1ccc(C#N)cc1)N1C=CS/C1=C(/C)c1ccccc1OC. The standard InChI is InChI=1S/C24H24N2OS/c1-5-17(2)23(20-12-10-19(16-25)11-13-20)26-14-15-28-24(26)18(3)21-8-6-7-9-22(21)27-4/h6-15H,5H2,1-4H3/b23-17?,24-18-. The topological polar surface area (TPSA) is 36.3 Å². The van der Waals surface area contributed by atoms with Crippen molar-refractivity contribution < 1.29 is 4.74 Å². The van der Waals surface area contributed by atoms with E-state index in [2.05, 4.69) is 49.4 Å². The summed E-state index contributed by atoms with van der Waals surface area (Å²) in [6.07, 6.45) is 3.07. The molecule has 3 rings (SSSR count). The first-order chi connectivity index (χ1) is 13.6. The van der Waals surface area contributed by atoms with Gasteiger partial charge in [-0.25, -0.2) is 0 Å². The van der Waals surface area contributed by atoms with Crippen molar-refractivity contribution in [2.24, 2.45) is 0 Å². The third-order valence-corrected chi connectivity index (χ3v) is 5.89. The molecule has 1 heterocycles. The molecule has 4 heteroatoms. The summed E-state index contributed by atoms with van der Waals surface area (Å²) in [6, 6.07) is 18.1. The summed E-state index contributed by atoms with van der Waals surface area (Å²) in [4.78, 5) is 2.26. The number of hydrogen-bond acceptors (Lipinski definition) is 4. The summed E-state index contributed by atoms with van der Waals surface area (Å²) in [5, 5.41) is 12.4. The van der Waals surface area contributed by atoms with Crippen molar-refractivity contribution >= 4 is 23.0 Å². The molecule has 0 fully saturated rings. The van der Waals surface area contributed by atoms with Gasteiger partial charge in [0.2, 0.25) is 0 Å². The van der Waals surface area contributed by atoms with Crippen LogP contribution >= 0.6 is 11.8 Å². The van der Waals surface area contributed by atoms with Gasteiger partial charge in [0.05, 0.1) is 29.5 Å². The maximum absolute atomic E-state index is 9.12. The van der Waals surface area contributed by atoms with E-state index in [1.54, 1.807) is 18.9 Å². The van der Waals surface area contributed by atoms with Crippen LogP contribution in [0.25, 0.3) is 11.3 Å². The Hall–Kier alpha value is -2.90. The molecule has 0 radical (unpaired) electrons. The normalized spacial score (nSPS) is 15.9. The lowest BCUT2D eigenvalue weighted by atomic mass is 10.0. The van der Waals surface area contributed by atoms with Gasteiger partial charge in [0, 0.05) is 11.8 Å². The van der Waals surface area contributed by atoms with E-state index in [1.165, 1.54) is 11.1 Å². The summed E-state index contributed by atoms with van der Waals surface area (Å²) in [5.41, 5.74) is 6.50. The number of para-hydroxylation sites is 1. The van der Waals surface area contributed by atoms with Gasteiger partial charge < -0.3 is 9.64 Å². The van der Waals surface area contributed by atoms with Crippen LogP contribution in [0.5, 0.6) is 5.75 Å². The number of rotatable bonds is 5. The van der Waals surface area contributed by atoms with Crippen LogP contribution in [-0.2, 0) is 0 Å². The fourth-order valence-corrected chi connectivity index (χ4v) is 4.12. The fourth-order valence-electron chi connectivity index (χ4n) is 3.26. The van der Waals surface area contributed by atoms with E-state index in [0.29, 0.717) is 5.56 Å². The Kier molecular flexibility index (Phi) is 6.28. The van der Waals surface area contributed by atoms with Crippen molar-refractivity contribution in [3.05, 3.63) is 87.4 Å². The minimum Gasteiger partial charge on any atom is -0.496 e. The molecule has 2 aromatic carbocycles. The number of allylic oxidation sites excluding steroid dienone is 2. The zero-order valence-corrected chi connectivity index (χ0v) is 17.5. The zero-order valence-electron chi connectivity index (χ0n) is 16.7. The van der Waals surface area contributed by atoms with E-state index in [0.717, 1.165) is 34.0 Å². The summed E-state index contributed by atoms with van der Waals surface area (Å²) in [5.74, 6) is 0.871. The summed E-state index contributed by atoms with van der Waals surface area (Å²) >= 11 is 1.71. The molecule has 0 spiro atoms. The van der Waals surface area contributed by atoms with Crippen molar-refractivity contribution in [3.8, 4) is 11.8 Å². The molecule has 2 aromatic rings. The van der Waals surface area contributed by atoms with E-state index in [1.807, 2.05) is 42.5 Å². The first kappa shape index (κ1) is 19.9. The number of methoxy groups -OCH3 is 1. The number of hydrogen-bond donors (Lipinski definition) is 0. The van der Waals surface area contributed by atoms with Crippen LogP contribution in [0, 0.1) is 11.3 Å². The van der Waals surface area contributed by atoms with Gasteiger partial charge in [-0.1, -0.05) is 49.0 Å². The number of benzene rings is 2. The maximum atomic E-state index is 9.12. The highest BCUT2D eigenvalue weighted by Gasteiger charge is 2.23. The van der Waals surface area contributed by atoms with Crippen LogP contribution in [-0.4, -0.2) is 12.0 Å². The van der Waals surface area contributed by atoms with Gasteiger partial charge in [0.25, 0.3) is 0 Å². The third-order valence-electron chi connectivity index (χ3n) is 4.90. The van der Waals surface area contributed by atoms with E-state index < -0.39 is 0 Å². The van der Waals surface area contributed by atoms with Gasteiger partial charge in [-0.05, 0) is 60.6 Å². The minimum atomic E-state index is 0.671. The van der Waals surface area contributed by atoms with Crippen molar-refractivity contribution in [1.29, 1.82) is 5.26 Å². The van der Waals surface area contributed by atoms with Crippen LogP contribution < -0.4 is 4.74 Å². The molecule has 0 saturated carbocycles. The molecule has 0 bridgehead atoms. The Bertz CT molecular complexity index is 994. The smallest absolute Gasteiger partial charge is 0.126 e. The maximum Gasteiger partial charge on any atom is 0.126 e. The van der Waals surface area contributed by atoms with Gasteiger partial charge in [-0.2, -0.15) is 5.26 Å². The largest absolute Gasteiger partial charge is 0.496 e. The predicted octanol–water partition coefficient (Wildman–Crippen LogP) is 6.62. The van der Waals surface area contributed by atoms with Gasteiger partial charge >= 0.3 is 0 Å². The van der Waals surface area contributed by atoms with E-state index >= 15 is 0 Å². The Morgan fingerprint density at radius 2 is 1.82 bits per heavy atom. The highest BCUT2D eigenvalue weighted by molar-refractivity contribution is 8.06. The molecule has 0 N–H and O–H groups in total. The van der Waals surface area contributed by atoms with E-state index in [4.69, 9.17) is 10.00 Å². The Balaban J connectivity index is 2.12. The second-order valence-corrected chi connectivity index (χ2v) is 7.47. The van der Waals surface area contributed by atoms with E-state index in [9.17, 15) is 0 Å². The molecule has 1 aliphatic heterocycles. The van der Waals surface area contributed by atoms with Gasteiger partial charge in [0.1, 0.15) is 5.75 Å². The Morgan fingerprint density at radius 3 is 2.46 bits per heavy atom. The number of nitrogens with zero attached hydrogens (tertiary/aromatic N) is 2. The number of thioether (sulfide) groups is 1. The van der Waals surface area contributed by atoms with Crippen LogP contribution in [0.3, 0.4) is 0 Å². The molecule has 142 valence electrons. The molecule has 0 amide bonds. The van der Waals surface area contributed by atoms with Crippen LogP contribution in [0.15, 0.2) is 70.7 Å². The van der Waals surface area contributed by atoms with Crippen LogP contribution in [0.4, 0.5) is 0 Å². The molecule has 0 atom stereocenters. The highest BCUT2D eigenvalue weighted by Crippen LogP contribution is 2.43. The predicted molar refractivity (Wildman–Crippen MR) is 118 cm³/mol. The first-order valence-corrected chi connectivity index (χ1v) is 10.2. The second-order valence-electron chi connectivity index (χ2n) is 6.58. The monoisotopic (exact) mass is 388 g/mol. The number of ether oxygens (including phenoxy) is 1. The lowest BCUT2D eigenvalue weighted by Gasteiger charge is -2.26. The average Bonchev–Trinajstić information content (AvgIpc) is 3.22. The fraction of sp³-hybridized carbons (Fsp3) is 0.208. The minimum absolute atomic E-state index is 0.671. The number of nitriles is 1. The zero-order chi connectivity index (χ0) is 20.1. The van der Waals surface area contributed by atoms with Crippen molar-refractivity contribution in [1.82, 2.24) is 4.90 Å². The van der Waals surface area contributed by atoms with Crippen molar-refractivity contribution in [2.45, 2.75) is 27.2 Å². The van der Waals surface area contributed by atoms with E-state index in [-0.39, 0.29) is 0 Å². The highest BCUT2D eigenvalue weighted by atomic mass is 32.2. The van der Waals surface area contributed by atoms with Crippen molar-refractivity contribution in [3.63, 3.8) is 0 Å². The molecule has 0 unspecified atom stereocenters. The molecule has 0 saturated heterocycles. The molecule has 28 heavy (non-hydrogen) atoms. The second kappa shape index (κ2) is 8.86. The molecule has 0 aliphatic carbocycles. The summed E-state index contributed by atoms with van der Waals surface area (Å²) in [6.45, 7) is 6.47. The molecule has 1 aliphatic rings. The first-order valence-electron chi connectivity index (χ1n) is 9.27. The molecular weight excluding hydrogens is 364 g/mol. The van der Waals surface area contributed by atoms with Gasteiger partial charge in [-0.3, -0.25) is 0 Å². The Labute approximate surface area is 171 Å². The van der Waals surface area contributed by atoms with Crippen molar-refractivity contribution in [2.75, 3.05) is 7.11 Å². The summed E-state index contributed by atoms with van der Waals surface area (Å²) in [7, 11) is 1.71. The van der Waals surface area contributed by atoms with Crippen LogP contribution in [0.2, 0.25) is 0 Å². The van der Waals surface area contributed by atoms with Crippen LogP contribution in [0.1, 0.15) is 43.9 Å². The third kappa shape index (κ3) is 3.85. The molecular formula is C24H24N2OS. The van der Waals surface area contributed by atoms with Gasteiger partial charge in [-0.15, -0.1) is 0 Å². The molecule has 0 aromatic heterocycles. The van der Waals surface area contributed by atoms with Gasteiger partial charge in [0.15, 0.2) is 0 Å². The Morgan fingerprint density at radius 1 is 1.11 bits per heavy atom. The lowest BCUT2D eigenvalue weighted by Crippen LogP contribution is -2.13. The molecule has 3 nitrogen and oxygen atoms in total. The quantitative estimate of drug-likeness (QED) is 0.577. The average molecular weight is 389 g/mol. The summed E-state index contributed by atoms with van der Waals surface area (Å²) < 4.78 is 5.58. The lowest BCUT2D eigenvalue weighted by molar-refractivity contribution is 0.413.